The fourth-order valence-electron chi connectivity index (χ4n) is 3.75. The Bertz CT molecular complexity index is 503. The van der Waals surface area contributed by atoms with Gasteiger partial charge < -0.3 is 10.6 Å². The molecule has 1 aliphatic heterocycles. The zero-order chi connectivity index (χ0) is 13.4. The second-order valence-corrected chi connectivity index (χ2v) is 6.89. The van der Waals surface area contributed by atoms with Gasteiger partial charge in [0, 0.05) is 28.3 Å². The maximum Gasteiger partial charge on any atom is 0.107 e. The van der Waals surface area contributed by atoms with Crippen molar-refractivity contribution in [2.24, 2.45) is 11.7 Å². The minimum atomic E-state index is 0.489. The molecule has 0 aromatic heterocycles. The van der Waals surface area contributed by atoms with Crippen molar-refractivity contribution in [1.82, 2.24) is 0 Å². The second kappa shape index (κ2) is 5.41. The van der Waals surface area contributed by atoms with Crippen LogP contribution in [0.4, 0.5) is 5.69 Å². The topological polar surface area (TPSA) is 29.3 Å². The van der Waals surface area contributed by atoms with Crippen molar-refractivity contribution in [2.45, 2.75) is 38.1 Å². The number of fused-ring (bicyclic) bond motifs is 1. The number of hydrogen-bond acceptors (Lipinski definition) is 2. The Morgan fingerprint density at radius 1 is 1.26 bits per heavy atom. The molecule has 1 heterocycles. The van der Waals surface area contributed by atoms with Crippen molar-refractivity contribution >= 4 is 38.8 Å². The van der Waals surface area contributed by atoms with E-state index in [1.54, 1.807) is 0 Å². The molecule has 0 radical (unpaired) electrons. The zero-order valence-corrected chi connectivity index (χ0v) is 13.3. The van der Waals surface area contributed by atoms with Crippen molar-refractivity contribution in [2.75, 3.05) is 11.4 Å². The molecule has 2 nitrogen and oxygen atoms in total. The molecule has 4 heteroatoms. The lowest BCUT2D eigenvalue weighted by atomic mass is 9.91. The lowest BCUT2D eigenvalue weighted by Gasteiger charge is -2.40. The number of hydrogen-bond donors (Lipinski definition) is 1. The van der Waals surface area contributed by atoms with Crippen molar-refractivity contribution in [1.29, 1.82) is 0 Å². The van der Waals surface area contributed by atoms with Gasteiger partial charge in [0.2, 0.25) is 0 Å². The SMILES string of the molecule is NC(=S)c1c(Br)cccc1N1CCCC2CCCC21. The van der Waals surface area contributed by atoms with E-state index in [9.17, 15) is 0 Å². The molecule has 2 fully saturated rings. The van der Waals surface area contributed by atoms with E-state index in [-0.39, 0.29) is 0 Å². The van der Waals surface area contributed by atoms with E-state index in [1.807, 2.05) is 6.07 Å². The zero-order valence-electron chi connectivity index (χ0n) is 10.9. The summed E-state index contributed by atoms with van der Waals surface area (Å²) in [5.74, 6) is 0.868. The van der Waals surface area contributed by atoms with Crippen LogP contribution in [0.25, 0.3) is 0 Å². The summed E-state index contributed by atoms with van der Waals surface area (Å²) >= 11 is 8.84. The monoisotopic (exact) mass is 338 g/mol. The molecule has 19 heavy (non-hydrogen) atoms. The second-order valence-electron chi connectivity index (χ2n) is 5.59. The molecule has 0 amide bonds. The van der Waals surface area contributed by atoms with E-state index in [1.165, 1.54) is 37.8 Å². The third-order valence-corrected chi connectivity index (χ3v) is 5.41. The number of halogens is 1. The first-order valence-corrected chi connectivity index (χ1v) is 8.23. The summed E-state index contributed by atoms with van der Waals surface area (Å²) in [5, 5.41) is 0. The van der Waals surface area contributed by atoms with Crippen LogP contribution in [0, 0.1) is 5.92 Å². The van der Waals surface area contributed by atoms with Crippen LogP contribution in [0.1, 0.15) is 37.7 Å². The van der Waals surface area contributed by atoms with Crippen molar-refractivity contribution in [3.05, 3.63) is 28.2 Å². The van der Waals surface area contributed by atoms with Crippen molar-refractivity contribution < 1.29 is 0 Å². The van der Waals surface area contributed by atoms with E-state index in [2.05, 4.69) is 33.0 Å². The van der Waals surface area contributed by atoms with E-state index in [0.29, 0.717) is 11.0 Å². The Balaban J connectivity index is 2.01. The molecule has 2 aliphatic rings. The molecule has 2 unspecified atom stereocenters. The average molecular weight is 339 g/mol. The molecule has 102 valence electrons. The maximum atomic E-state index is 5.93. The fourth-order valence-corrected chi connectivity index (χ4v) is 4.66. The van der Waals surface area contributed by atoms with Crippen LogP contribution in [0.3, 0.4) is 0 Å². The summed E-state index contributed by atoms with van der Waals surface area (Å²) in [6.07, 6.45) is 6.73. The molecule has 1 aromatic rings. The molecule has 0 bridgehead atoms. The van der Waals surface area contributed by atoms with Gasteiger partial charge in [0.15, 0.2) is 0 Å². The predicted octanol–water partition coefficient (Wildman–Crippen LogP) is 3.85. The number of thiocarbonyl (C=S) groups is 1. The van der Waals surface area contributed by atoms with E-state index in [0.717, 1.165) is 22.5 Å². The van der Waals surface area contributed by atoms with Crippen LogP contribution in [0.15, 0.2) is 22.7 Å². The molecule has 2 N–H and O–H groups in total. The summed E-state index contributed by atoms with van der Waals surface area (Å²) in [5.41, 5.74) is 8.16. The minimum Gasteiger partial charge on any atom is -0.389 e. The van der Waals surface area contributed by atoms with E-state index < -0.39 is 0 Å². The molecule has 1 saturated heterocycles. The summed E-state index contributed by atoms with van der Waals surface area (Å²) in [7, 11) is 0. The molecular weight excluding hydrogens is 320 g/mol. The lowest BCUT2D eigenvalue weighted by Crippen LogP contribution is -2.43. The van der Waals surface area contributed by atoms with Gasteiger partial charge in [-0.05, 0) is 59.7 Å². The Hall–Kier alpha value is -0.610. The van der Waals surface area contributed by atoms with Crippen molar-refractivity contribution in [3.8, 4) is 0 Å². The highest BCUT2D eigenvalue weighted by atomic mass is 79.9. The minimum absolute atomic E-state index is 0.489. The Morgan fingerprint density at radius 3 is 2.84 bits per heavy atom. The Kier molecular flexibility index (Phi) is 3.81. The molecule has 1 aromatic carbocycles. The highest BCUT2D eigenvalue weighted by Crippen LogP contribution is 2.41. The van der Waals surface area contributed by atoms with Crippen LogP contribution in [-0.2, 0) is 0 Å². The van der Waals surface area contributed by atoms with Gasteiger partial charge in [-0.1, -0.05) is 24.7 Å². The molecule has 1 saturated carbocycles. The highest BCUT2D eigenvalue weighted by Gasteiger charge is 2.36. The van der Waals surface area contributed by atoms with Gasteiger partial charge in [-0.25, -0.2) is 0 Å². The van der Waals surface area contributed by atoms with E-state index >= 15 is 0 Å². The standard InChI is InChI=1S/C15H19BrN2S/c16-11-6-2-8-13(14(11)15(17)19)18-9-3-5-10-4-1-7-12(10)18/h2,6,8,10,12H,1,3-5,7,9H2,(H2,17,19). The molecule has 3 rings (SSSR count). The van der Waals surface area contributed by atoms with Gasteiger partial charge in [0.1, 0.15) is 4.99 Å². The third-order valence-electron chi connectivity index (χ3n) is 4.54. The summed E-state index contributed by atoms with van der Waals surface area (Å²) in [4.78, 5) is 3.04. The number of rotatable bonds is 2. The number of anilines is 1. The number of benzene rings is 1. The number of piperidine rings is 1. The van der Waals surface area contributed by atoms with Crippen LogP contribution in [0.5, 0.6) is 0 Å². The van der Waals surface area contributed by atoms with Crippen LogP contribution < -0.4 is 10.6 Å². The summed E-state index contributed by atoms with van der Waals surface area (Å²) in [6.45, 7) is 1.13. The molecule has 0 spiro atoms. The normalized spacial score (nSPS) is 26.3. The van der Waals surface area contributed by atoms with Crippen molar-refractivity contribution in [3.63, 3.8) is 0 Å². The smallest absolute Gasteiger partial charge is 0.107 e. The fraction of sp³-hybridized carbons (Fsp3) is 0.533. The summed E-state index contributed by atoms with van der Waals surface area (Å²) < 4.78 is 1.01. The number of nitrogens with zero attached hydrogens (tertiary/aromatic N) is 1. The lowest BCUT2D eigenvalue weighted by molar-refractivity contribution is 0.362. The Labute approximate surface area is 128 Å². The van der Waals surface area contributed by atoms with Gasteiger partial charge in [0.25, 0.3) is 0 Å². The Morgan fingerprint density at radius 2 is 2.05 bits per heavy atom. The first kappa shape index (κ1) is 13.4. The largest absolute Gasteiger partial charge is 0.389 e. The van der Waals surface area contributed by atoms with Gasteiger partial charge in [-0.3, -0.25) is 0 Å². The van der Waals surface area contributed by atoms with Crippen LogP contribution in [0.2, 0.25) is 0 Å². The van der Waals surface area contributed by atoms with Gasteiger partial charge in [0.05, 0.1) is 0 Å². The average Bonchev–Trinajstić information content (AvgIpc) is 2.85. The van der Waals surface area contributed by atoms with Gasteiger partial charge in [-0.15, -0.1) is 0 Å². The predicted molar refractivity (Wildman–Crippen MR) is 87.7 cm³/mol. The summed E-state index contributed by atoms with van der Waals surface area (Å²) in [6, 6.07) is 6.96. The maximum absolute atomic E-state index is 5.93. The first-order chi connectivity index (χ1) is 9.18. The van der Waals surface area contributed by atoms with E-state index in [4.69, 9.17) is 18.0 Å². The van der Waals surface area contributed by atoms with Gasteiger partial charge >= 0.3 is 0 Å². The molecule has 2 atom stereocenters. The first-order valence-electron chi connectivity index (χ1n) is 7.03. The van der Waals surface area contributed by atoms with Gasteiger partial charge in [-0.2, -0.15) is 0 Å². The van der Waals surface area contributed by atoms with Crippen LogP contribution in [-0.4, -0.2) is 17.6 Å². The van der Waals surface area contributed by atoms with Crippen LogP contribution >= 0.6 is 28.1 Å². The third kappa shape index (κ3) is 2.40. The number of nitrogens with two attached hydrogens (primary N) is 1. The molecule has 1 aliphatic carbocycles. The quantitative estimate of drug-likeness (QED) is 0.830. The highest BCUT2D eigenvalue weighted by molar-refractivity contribution is 9.10. The molecular formula is C15H19BrN2S.